The highest BCUT2D eigenvalue weighted by Crippen LogP contribution is 2.11. The van der Waals surface area contributed by atoms with Gasteiger partial charge in [0.1, 0.15) is 11.6 Å². The molecule has 0 bridgehead atoms. The van der Waals surface area contributed by atoms with Crippen LogP contribution in [0.15, 0.2) is 61.2 Å². The first-order chi connectivity index (χ1) is 12.6. The van der Waals surface area contributed by atoms with E-state index in [1.54, 1.807) is 31.4 Å². The summed E-state index contributed by atoms with van der Waals surface area (Å²) in [6, 6.07) is 14.4. The number of ether oxygens (including phenoxy) is 1. The molecule has 0 saturated heterocycles. The lowest BCUT2D eigenvalue weighted by molar-refractivity contribution is -0.122. The molecular formula is C21H25FN2O2. The SMILES string of the molecule is C=CCN(CC(=O)NCCc1ccc(OC)cc1)Cc1ccccc1F. The summed E-state index contributed by atoms with van der Waals surface area (Å²) in [6.45, 7) is 5.34. The monoisotopic (exact) mass is 356 g/mol. The highest BCUT2D eigenvalue weighted by Gasteiger charge is 2.12. The Morgan fingerprint density at radius 3 is 2.62 bits per heavy atom. The van der Waals surface area contributed by atoms with Gasteiger partial charge in [-0.05, 0) is 30.2 Å². The molecule has 0 spiro atoms. The third-order valence-electron chi connectivity index (χ3n) is 4.00. The molecule has 0 radical (unpaired) electrons. The molecule has 5 heteroatoms. The van der Waals surface area contributed by atoms with Gasteiger partial charge in [0.25, 0.3) is 0 Å². The van der Waals surface area contributed by atoms with Crippen molar-refractivity contribution in [1.82, 2.24) is 10.2 Å². The number of carbonyl (C=O) groups is 1. The van der Waals surface area contributed by atoms with Gasteiger partial charge < -0.3 is 10.1 Å². The number of methoxy groups -OCH3 is 1. The Morgan fingerprint density at radius 2 is 1.96 bits per heavy atom. The molecule has 2 aromatic carbocycles. The summed E-state index contributed by atoms with van der Waals surface area (Å²) >= 11 is 0. The van der Waals surface area contributed by atoms with Crippen LogP contribution in [0.4, 0.5) is 4.39 Å². The Morgan fingerprint density at radius 1 is 1.23 bits per heavy atom. The largest absolute Gasteiger partial charge is 0.497 e. The Hall–Kier alpha value is -2.66. The molecule has 0 aliphatic carbocycles. The Bertz CT molecular complexity index is 716. The molecule has 0 aliphatic rings. The van der Waals surface area contributed by atoms with Crippen LogP contribution in [0.2, 0.25) is 0 Å². The number of carbonyl (C=O) groups excluding carboxylic acids is 1. The fourth-order valence-electron chi connectivity index (χ4n) is 2.63. The van der Waals surface area contributed by atoms with Crippen molar-refractivity contribution in [3.8, 4) is 5.75 Å². The minimum atomic E-state index is -0.263. The molecule has 138 valence electrons. The van der Waals surface area contributed by atoms with E-state index in [4.69, 9.17) is 4.74 Å². The van der Waals surface area contributed by atoms with Crippen LogP contribution < -0.4 is 10.1 Å². The van der Waals surface area contributed by atoms with Gasteiger partial charge in [-0.1, -0.05) is 36.4 Å². The van der Waals surface area contributed by atoms with Crippen LogP contribution in [0.3, 0.4) is 0 Å². The summed E-state index contributed by atoms with van der Waals surface area (Å²) in [6.07, 6.45) is 2.45. The molecule has 0 aliphatic heterocycles. The first-order valence-electron chi connectivity index (χ1n) is 8.58. The van der Waals surface area contributed by atoms with Gasteiger partial charge in [0.05, 0.1) is 13.7 Å². The number of hydrogen-bond donors (Lipinski definition) is 1. The molecule has 0 heterocycles. The maximum absolute atomic E-state index is 13.8. The normalized spacial score (nSPS) is 10.6. The molecule has 4 nitrogen and oxygen atoms in total. The molecule has 26 heavy (non-hydrogen) atoms. The number of nitrogens with zero attached hydrogens (tertiary/aromatic N) is 1. The van der Waals surface area contributed by atoms with E-state index in [1.165, 1.54) is 6.07 Å². The van der Waals surface area contributed by atoms with E-state index in [0.29, 0.717) is 25.2 Å². The summed E-state index contributed by atoms with van der Waals surface area (Å²) in [5.41, 5.74) is 1.70. The van der Waals surface area contributed by atoms with E-state index in [-0.39, 0.29) is 18.3 Å². The quantitative estimate of drug-likeness (QED) is 0.665. The fourth-order valence-corrected chi connectivity index (χ4v) is 2.63. The zero-order valence-electron chi connectivity index (χ0n) is 15.1. The molecule has 2 rings (SSSR count). The minimum Gasteiger partial charge on any atom is -0.497 e. The van der Waals surface area contributed by atoms with Gasteiger partial charge in [0.15, 0.2) is 0 Å². The molecular weight excluding hydrogens is 331 g/mol. The van der Waals surface area contributed by atoms with Crippen LogP contribution >= 0.6 is 0 Å². The van der Waals surface area contributed by atoms with Crippen LogP contribution in [0, 0.1) is 5.82 Å². The van der Waals surface area contributed by atoms with Gasteiger partial charge in [0.2, 0.25) is 5.91 Å². The average Bonchev–Trinajstić information content (AvgIpc) is 2.64. The fraction of sp³-hybridized carbons (Fsp3) is 0.286. The summed E-state index contributed by atoms with van der Waals surface area (Å²) in [5.74, 6) is 0.462. The Balaban J connectivity index is 1.81. The second-order valence-corrected chi connectivity index (χ2v) is 6.00. The number of benzene rings is 2. The predicted molar refractivity (Wildman–Crippen MR) is 102 cm³/mol. The average molecular weight is 356 g/mol. The van der Waals surface area contributed by atoms with Crippen molar-refractivity contribution in [2.24, 2.45) is 0 Å². The number of hydrogen-bond acceptors (Lipinski definition) is 3. The smallest absolute Gasteiger partial charge is 0.234 e. The predicted octanol–water partition coefficient (Wildman–Crippen LogP) is 3.18. The molecule has 1 N–H and O–H groups in total. The molecule has 0 atom stereocenters. The summed E-state index contributed by atoms with van der Waals surface area (Å²) < 4.78 is 18.9. The van der Waals surface area contributed by atoms with E-state index in [1.807, 2.05) is 29.2 Å². The lowest BCUT2D eigenvalue weighted by Crippen LogP contribution is -2.38. The summed E-state index contributed by atoms with van der Waals surface area (Å²) in [4.78, 5) is 14.0. The molecule has 0 unspecified atom stereocenters. The van der Waals surface area contributed by atoms with Crippen molar-refractivity contribution in [3.63, 3.8) is 0 Å². The zero-order valence-corrected chi connectivity index (χ0v) is 15.1. The second kappa shape index (κ2) is 10.4. The van der Waals surface area contributed by atoms with Crippen molar-refractivity contribution in [2.45, 2.75) is 13.0 Å². The lowest BCUT2D eigenvalue weighted by atomic mass is 10.1. The molecule has 2 aromatic rings. The Kier molecular flexibility index (Phi) is 7.83. The van der Waals surface area contributed by atoms with Gasteiger partial charge in [-0.2, -0.15) is 0 Å². The van der Waals surface area contributed by atoms with Crippen LogP contribution in [-0.2, 0) is 17.8 Å². The van der Waals surface area contributed by atoms with Gasteiger partial charge >= 0.3 is 0 Å². The highest BCUT2D eigenvalue weighted by atomic mass is 19.1. The third-order valence-corrected chi connectivity index (χ3v) is 4.00. The maximum atomic E-state index is 13.8. The lowest BCUT2D eigenvalue weighted by Gasteiger charge is -2.20. The second-order valence-electron chi connectivity index (χ2n) is 6.00. The number of rotatable bonds is 10. The van der Waals surface area contributed by atoms with Crippen LogP contribution in [0.1, 0.15) is 11.1 Å². The topological polar surface area (TPSA) is 41.6 Å². The standard InChI is InChI=1S/C21H25FN2O2/c1-3-14-24(15-18-6-4-5-7-20(18)22)16-21(25)23-13-12-17-8-10-19(26-2)11-9-17/h3-11H,1,12-16H2,2H3,(H,23,25). The van der Waals surface area contributed by atoms with Crippen molar-refractivity contribution in [3.05, 3.63) is 78.1 Å². The first-order valence-corrected chi connectivity index (χ1v) is 8.58. The van der Waals surface area contributed by atoms with Crippen molar-refractivity contribution in [1.29, 1.82) is 0 Å². The van der Waals surface area contributed by atoms with E-state index in [2.05, 4.69) is 11.9 Å². The van der Waals surface area contributed by atoms with Gasteiger partial charge in [-0.3, -0.25) is 9.69 Å². The van der Waals surface area contributed by atoms with Crippen LogP contribution in [0.5, 0.6) is 5.75 Å². The molecule has 0 saturated carbocycles. The van der Waals surface area contributed by atoms with Gasteiger partial charge in [0, 0.05) is 25.2 Å². The molecule has 1 amide bonds. The minimum absolute atomic E-state index is 0.0864. The van der Waals surface area contributed by atoms with Crippen molar-refractivity contribution < 1.29 is 13.9 Å². The van der Waals surface area contributed by atoms with Crippen molar-refractivity contribution in [2.75, 3.05) is 26.7 Å². The van der Waals surface area contributed by atoms with Crippen LogP contribution in [-0.4, -0.2) is 37.6 Å². The van der Waals surface area contributed by atoms with E-state index < -0.39 is 0 Å². The highest BCUT2D eigenvalue weighted by molar-refractivity contribution is 5.78. The summed E-state index contributed by atoms with van der Waals surface area (Å²) in [5, 5.41) is 2.91. The van der Waals surface area contributed by atoms with Gasteiger partial charge in [-0.25, -0.2) is 4.39 Å². The number of nitrogens with one attached hydrogen (secondary N) is 1. The maximum Gasteiger partial charge on any atom is 0.234 e. The summed E-state index contributed by atoms with van der Waals surface area (Å²) in [7, 11) is 1.63. The first kappa shape index (κ1) is 19.7. The van der Waals surface area contributed by atoms with Crippen molar-refractivity contribution >= 4 is 5.91 Å². The number of amides is 1. The van der Waals surface area contributed by atoms with E-state index >= 15 is 0 Å². The Labute approximate surface area is 154 Å². The molecule has 0 aromatic heterocycles. The molecule has 0 fully saturated rings. The number of halogens is 1. The van der Waals surface area contributed by atoms with E-state index in [9.17, 15) is 9.18 Å². The third kappa shape index (κ3) is 6.33. The van der Waals surface area contributed by atoms with E-state index in [0.717, 1.165) is 17.7 Å². The van der Waals surface area contributed by atoms with Crippen LogP contribution in [0.25, 0.3) is 0 Å². The zero-order chi connectivity index (χ0) is 18.8. The van der Waals surface area contributed by atoms with Gasteiger partial charge in [-0.15, -0.1) is 6.58 Å².